The van der Waals surface area contributed by atoms with Gasteiger partial charge in [0.25, 0.3) is 0 Å². The number of esters is 1. The maximum absolute atomic E-state index is 14.0. The van der Waals surface area contributed by atoms with Crippen LogP contribution in [0.5, 0.6) is 0 Å². The Labute approximate surface area is 204 Å². The topological polar surface area (TPSA) is 63.7 Å². The van der Waals surface area contributed by atoms with Crippen molar-refractivity contribution in [2.45, 2.75) is 38.0 Å². The summed E-state index contributed by atoms with van der Waals surface area (Å²) in [5.74, 6) is -2.27. The van der Waals surface area contributed by atoms with Crippen LogP contribution in [0.4, 0.5) is 5.69 Å². The van der Waals surface area contributed by atoms with Crippen LogP contribution in [-0.2, 0) is 14.3 Å². The van der Waals surface area contributed by atoms with Crippen molar-refractivity contribution in [1.82, 2.24) is 0 Å². The van der Waals surface area contributed by atoms with Crippen molar-refractivity contribution in [2.75, 3.05) is 11.5 Å². The standard InChI is InChI=1S/C30H27NO4/c1-2-3-10-17-35-30(34)22-15-8-9-16-23(22)31-28(32)26-24-18-11-4-5-12-19(18)25(27(26)29(31)33)21-14-7-6-13-20(21)24/h4-9,11-16,24-27H,2-3,10,17H2,1H3/t24?,25?,26-,27-/m0/s1. The number of benzene rings is 3. The minimum absolute atomic E-state index is 0.174. The second-order valence-electron chi connectivity index (χ2n) is 9.64. The van der Waals surface area contributed by atoms with Crippen molar-refractivity contribution in [2.24, 2.45) is 11.8 Å². The summed E-state index contributed by atoms with van der Waals surface area (Å²) < 4.78 is 5.49. The number of nitrogens with zero attached hydrogens (tertiary/aromatic N) is 1. The second kappa shape index (κ2) is 8.49. The Morgan fingerprint density at radius 1 is 0.743 bits per heavy atom. The number of hydrogen-bond acceptors (Lipinski definition) is 4. The first-order chi connectivity index (χ1) is 17.1. The molecule has 5 nitrogen and oxygen atoms in total. The molecule has 1 saturated heterocycles. The van der Waals surface area contributed by atoms with E-state index in [1.165, 1.54) is 4.90 Å². The van der Waals surface area contributed by atoms with Crippen LogP contribution in [0, 0.1) is 11.8 Å². The maximum atomic E-state index is 14.0. The first-order valence-corrected chi connectivity index (χ1v) is 12.4. The van der Waals surface area contributed by atoms with E-state index in [1.807, 2.05) is 24.3 Å². The molecule has 0 radical (unpaired) electrons. The summed E-state index contributed by atoms with van der Waals surface area (Å²) in [6.07, 6.45) is 2.79. The highest BCUT2D eigenvalue weighted by Crippen LogP contribution is 2.61. The van der Waals surface area contributed by atoms with Crippen LogP contribution in [0.1, 0.15) is 70.6 Å². The van der Waals surface area contributed by atoms with Crippen LogP contribution < -0.4 is 4.90 Å². The average molecular weight is 466 g/mol. The van der Waals surface area contributed by atoms with Gasteiger partial charge in [-0.2, -0.15) is 0 Å². The third kappa shape index (κ3) is 3.18. The molecule has 1 aliphatic heterocycles. The van der Waals surface area contributed by atoms with E-state index in [0.717, 1.165) is 41.5 Å². The van der Waals surface area contributed by atoms with Crippen molar-refractivity contribution < 1.29 is 19.1 Å². The van der Waals surface area contributed by atoms with Crippen LogP contribution in [0.3, 0.4) is 0 Å². The van der Waals surface area contributed by atoms with E-state index in [1.54, 1.807) is 24.3 Å². The van der Waals surface area contributed by atoms with Gasteiger partial charge < -0.3 is 4.74 Å². The first kappa shape index (κ1) is 21.8. The first-order valence-electron chi connectivity index (χ1n) is 12.4. The van der Waals surface area contributed by atoms with Crippen molar-refractivity contribution in [3.05, 3.63) is 101 Å². The maximum Gasteiger partial charge on any atom is 0.340 e. The van der Waals surface area contributed by atoms with Gasteiger partial charge in [0, 0.05) is 11.8 Å². The largest absolute Gasteiger partial charge is 0.462 e. The number of unbranched alkanes of at least 4 members (excludes halogenated alkanes) is 2. The van der Waals surface area contributed by atoms with Gasteiger partial charge in [-0.05, 0) is 40.8 Å². The molecule has 5 heteroatoms. The fourth-order valence-corrected chi connectivity index (χ4v) is 6.35. The number of imide groups is 1. The summed E-state index contributed by atoms with van der Waals surface area (Å²) in [5, 5.41) is 0. The number of rotatable bonds is 6. The summed E-state index contributed by atoms with van der Waals surface area (Å²) in [4.78, 5) is 42.2. The average Bonchev–Trinajstić information content (AvgIpc) is 3.16. The minimum atomic E-state index is -0.498. The zero-order valence-corrected chi connectivity index (χ0v) is 19.6. The Kier molecular flexibility index (Phi) is 5.28. The summed E-state index contributed by atoms with van der Waals surface area (Å²) in [5.41, 5.74) is 5.10. The van der Waals surface area contributed by atoms with E-state index in [9.17, 15) is 14.4 Å². The Morgan fingerprint density at radius 3 is 1.74 bits per heavy atom. The van der Waals surface area contributed by atoms with Gasteiger partial charge in [0.15, 0.2) is 0 Å². The SMILES string of the molecule is CCCCCOC(=O)c1ccccc1N1C(=O)[C@H]2C3c4ccccc4C(c4ccccc43)[C@@H]2C1=O. The molecule has 7 rings (SSSR count). The predicted molar refractivity (Wildman–Crippen MR) is 132 cm³/mol. The van der Waals surface area contributed by atoms with Crippen LogP contribution in [0.15, 0.2) is 72.8 Å². The molecule has 35 heavy (non-hydrogen) atoms. The van der Waals surface area contributed by atoms with Gasteiger partial charge in [0.2, 0.25) is 11.8 Å². The molecule has 2 atom stereocenters. The van der Waals surface area contributed by atoms with Crippen LogP contribution in [0.2, 0.25) is 0 Å². The highest BCUT2D eigenvalue weighted by Gasteiger charge is 2.62. The van der Waals surface area contributed by atoms with Crippen molar-refractivity contribution in [3.8, 4) is 0 Å². The number of amides is 2. The molecule has 2 amide bonds. The molecule has 0 N–H and O–H groups in total. The molecule has 1 fully saturated rings. The van der Waals surface area contributed by atoms with E-state index >= 15 is 0 Å². The minimum Gasteiger partial charge on any atom is -0.462 e. The quantitative estimate of drug-likeness (QED) is 0.277. The second-order valence-corrected chi connectivity index (χ2v) is 9.64. The lowest BCUT2D eigenvalue weighted by atomic mass is 9.55. The summed E-state index contributed by atoms with van der Waals surface area (Å²) in [6, 6.07) is 23.1. The number of hydrogen-bond donors (Lipinski definition) is 0. The van der Waals surface area contributed by atoms with Crippen LogP contribution >= 0.6 is 0 Å². The Morgan fingerprint density at radius 2 is 1.23 bits per heavy atom. The molecule has 0 unspecified atom stereocenters. The molecule has 0 aromatic heterocycles. The molecule has 0 saturated carbocycles. The van der Waals surface area contributed by atoms with Crippen molar-refractivity contribution in [3.63, 3.8) is 0 Å². The zero-order valence-electron chi connectivity index (χ0n) is 19.6. The van der Waals surface area contributed by atoms with Gasteiger partial charge in [-0.1, -0.05) is 80.4 Å². The molecular weight excluding hydrogens is 438 g/mol. The van der Waals surface area contributed by atoms with Gasteiger partial charge in [-0.3, -0.25) is 9.59 Å². The van der Waals surface area contributed by atoms with E-state index in [0.29, 0.717) is 12.3 Å². The molecule has 176 valence electrons. The lowest BCUT2D eigenvalue weighted by Gasteiger charge is -2.45. The lowest BCUT2D eigenvalue weighted by Crippen LogP contribution is -2.41. The molecule has 0 spiro atoms. The number of ether oxygens (including phenoxy) is 1. The third-order valence-electron chi connectivity index (χ3n) is 7.79. The van der Waals surface area contributed by atoms with Gasteiger partial charge in [0.1, 0.15) is 0 Å². The summed E-state index contributed by atoms with van der Waals surface area (Å²) >= 11 is 0. The van der Waals surface area contributed by atoms with E-state index < -0.39 is 17.8 Å². The van der Waals surface area contributed by atoms with E-state index in [4.69, 9.17) is 4.74 Å². The number of carbonyl (C=O) groups is 3. The number of carbonyl (C=O) groups excluding carboxylic acids is 3. The van der Waals surface area contributed by atoms with E-state index in [-0.39, 0.29) is 29.2 Å². The molecular formula is C30H27NO4. The molecule has 1 heterocycles. The fraction of sp³-hybridized carbons (Fsp3) is 0.300. The van der Waals surface area contributed by atoms with Crippen LogP contribution in [0.25, 0.3) is 0 Å². The normalized spacial score (nSPS) is 23.6. The Bertz CT molecular complexity index is 1230. The summed E-state index contributed by atoms with van der Waals surface area (Å²) in [7, 11) is 0. The zero-order chi connectivity index (χ0) is 24.1. The van der Waals surface area contributed by atoms with Crippen LogP contribution in [-0.4, -0.2) is 24.4 Å². The Balaban J connectivity index is 1.41. The lowest BCUT2D eigenvalue weighted by molar-refractivity contribution is -0.122. The van der Waals surface area contributed by atoms with Gasteiger partial charge in [-0.25, -0.2) is 9.69 Å². The molecule has 2 bridgehead atoms. The predicted octanol–water partition coefficient (Wildman–Crippen LogP) is 5.43. The number of para-hydroxylation sites is 1. The summed E-state index contributed by atoms with van der Waals surface area (Å²) in [6.45, 7) is 2.41. The van der Waals surface area contributed by atoms with E-state index in [2.05, 4.69) is 31.2 Å². The van der Waals surface area contributed by atoms with Crippen molar-refractivity contribution in [1.29, 1.82) is 0 Å². The van der Waals surface area contributed by atoms with Gasteiger partial charge in [-0.15, -0.1) is 0 Å². The third-order valence-corrected chi connectivity index (χ3v) is 7.79. The fourth-order valence-electron chi connectivity index (χ4n) is 6.35. The highest BCUT2D eigenvalue weighted by molar-refractivity contribution is 6.25. The van der Waals surface area contributed by atoms with Gasteiger partial charge in [0.05, 0.1) is 29.7 Å². The van der Waals surface area contributed by atoms with Gasteiger partial charge >= 0.3 is 5.97 Å². The highest BCUT2D eigenvalue weighted by atomic mass is 16.5. The molecule has 3 aromatic rings. The molecule has 4 aliphatic rings. The van der Waals surface area contributed by atoms with Crippen molar-refractivity contribution >= 4 is 23.5 Å². The number of anilines is 1. The molecule has 3 aromatic carbocycles. The monoisotopic (exact) mass is 465 g/mol. The molecule has 3 aliphatic carbocycles. The Hall–Kier alpha value is -3.73. The smallest absolute Gasteiger partial charge is 0.340 e.